The molecule has 1 aromatic rings. The molecule has 7 heteroatoms. The number of benzene rings is 1. The van der Waals surface area contributed by atoms with Crippen molar-refractivity contribution in [2.75, 3.05) is 14.2 Å². The Morgan fingerprint density at radius 1 is 1.36 bits per heavy atom. The van der Waals surface area contributed by atoms with Crippen LogP contribution < -0.4 is 0 Å². The minimum atomic E-state index is -0.934. The molecular weight excluding hydrogens is 358 g/mol. The molecular formula is C21H31N3O4. The highest BCUT2D eigenvalue weighted by Gasteiger charge is 2.43. The normalized spacial score (nSPS) is 30.4. The van der Waals surface area contributed by atoms with Crippen LogP contribution in [-0.2, 0) is 20.6 Å². The maximum absolute atomic E-state index is 10.7. The lowest BCUT2D eigenvalue weighted by atomic mass is 9.86. The van der Waals surface area contributed by atoms with Crippen molar-refractivity contribution in [3.63, 3.8) is 0 Å². The van der Waals surface area contributed by atoms with Crippen LogP contribution in [0, 0.1) is 11.8 Å². The minimum absolute atomic E-state index is 0.0110. The van der Waals surface area contributed by atoms with E-state index in [4.69, 9.17) is 19.7 Å². The number of rotatable bonds is 8. The molecule has 0 spiro atoms. The van der Waals surface area contributed by atoms with E-state index < -0.39 is 24.5 Å². The smallest absolute Gasteiger partial charge is 0.161 e. The lowest BCUT2D eigenvalue weighted by molar-refractivity contribution is -0.231. The quantitative estimate of drug-likeness (QED) is 0.316. The first-order valence-corrected chi connectivity index (χ1v) is 9.58. The zero-order chi connectivity index (χ0) is 20.7. The summed E-state index contributed by atoms with van der Waals surface area (Å²) in [6.07, 6.45) is 0.744. The van der Waals surface area contributed by atoms with Crippen molar-refractivity contribution in [2.24, 2.45) is 17.0 Å². The second-order valence-electron chi connectivity index (χ2n) is 7.44. The maximum Gasteiger partial charge on any atom is 0.161 e. The number of azide groups is 1. The fourth-order valence-electron chi connectivity index (χ4n) is 3.83. The predicted molar refractivity (Wildman–Crippen MR) is 108 cm³/mol. The Labute approximate surface area is 166 Å². The number of methoxy groups -OCH3 is 2. The SMILES string of the molecule is CO[C@H]1O[C@H](/C(C)=C/[C@H](C)[C@H](Cc2ccccc2)OC)[C@@H](O)[C@H](N=[N+]=[N-])[C@@H]1C. The standard InChI is InChI=1S/C21H31N3O4/c1-13(17(26-4)12-16-9-7-6-8-10-16)11-14(2)20-19(25)18(23-24-22)15(3)21(27-5)28-20/h6-11,13,15,17-21,25H,12H2,1-5H3/b14-11+/t13-,15-,17-,18+,19-,20+,21-/m0/s1. The van der Waals surface area contributed by atoms with Crippen molar-refractivity contribution in [3.8, 4) is 0 Å². The van der Waals surface area contributed by atoms with Gasteiger partial charge >= 0.3 is 0 Å². The molecule has 0 bridgehead atoms. The number of ether oxygens (including phenoxy) is 3. The minimum Gasteiger partial charge on any atom is -0.390 e. The van der Waals surface area contributed by atoms with E-state index in [1.807, 2.05) is 32.0 Å². The van der Waals surface area contributed by atoms with Gasteiger partial charge in [-0.15, -0.1) is 0 Å². The molecule has 0 aliphatic carbocycles. The Bertz CT molecular complexity index is 690. The highest BCUT2D eigenvalue weighted by molar-refractivity contribution is 5.18. The van der Waals surface area contributed by atoms with Crippen molar-refractivity contribution in [1.82, 2.24) is 0 Å². The second-order valence-corrected chi connectivity index (χ2v) is 7.44. The van der Waals surface area contributed by atoms with Gasteiger partial charge in [0.1, 0.15) is 6.10 Å². The summed E-state index contributed by atoms with van der Waals surface area (Å²) in [7, 11) is 3.26. The summed E-state index contributed by atoms with van der Waals surface area (Å²) >= 11 is 0. The molecule has 1 heterocycles. The lowest BCUT2D eigenvalue weighted by Gasteiger charge is -2.42. The molecule has 0 aromatic heterocycles. The molecule has 28 heavy (non-hydrogen) atoms. The number of hydrogen-bond acceptors (Lipinski definition) is 5. The predicted octanol–water partition coefficient (Wildman–Crippen LogP) is 3.87. The molecule has 7 atom stereocenters. The molecule has 1 aromatic carbocycles. The van der Waals surface area contributed by atoms with E-state index in [0.29, 0.717) is 0 Å². The number of nitrogens with zero attached hydrogens (tertiary/aromatic N) is 3. The summed E-state index contributed by atoms with van der Waals surface area (Å²) in [5, 5.41) is 14.5. The van der Waals surface area contributed by atoms with Gasteiger partial charge in [-0.2, -0.15) is 0 Å². The molecule has 2 rings (SSSR count). The Hall–Kier alpha value is -1.89. The van der Waals surface area contributed by atoms with Crippen molar-refractivity contribution in [3.05, 3.63) is 58.0 Å². The van der Waals surface area contributed by atoms with Crippen LogP contribution in [0.5, 0.6) is 0 Å². The van der Waals surface area contributed by atoms with Crippen LogP contribution in [0.1, 0.15) is 26.3 Å². The van der Waals surface area contributed by atoms with Crippen molar-refractivity contribution < 1.29 is 19.3 Å². The van der Waals surface area contributed by atoms with Crippen LogP contribution >= 0.6 is 0 Å². The van der Waals surface area contributed by atoms with Gasteiger partial charge in [0.05, 0.1) is 18.2 Å². The highest BCUT2D eigenvalue weighted by atomic mass is 16.7. The van der Waals surface area contributed by atoms with Crippen LogP contribution in [0.15, 0.2) is 47.1 Å². The van der Waals surface area contributed by atoms with Crippen molar-refractivity contribution in [2.45, 2.75) is 57.8 Å². The van der Waals surface area contributed by atoms with Crippen LogP contribution in [0.3, 0.4) is 0 Å². The molecule has 0 unspecified atom stereocenters. The topological polar surface area (TPSA) is 96.7 Å². The number of aliphatic hydroxyl groups excluding tert-OH is 1. The summed E-state index contributed by atoms with van der Waals surface area (Å²) in [6.45, 7) is 5.84. The van der Waals surface area contributed by atoms with E-state index >= 15 is 0 Å². The van der Waals surface area contributed by atoms with Crippen LogP contribution in [0.2, 0.25) is 0 Å². The first kappa shape index (κ1) is 22.4. The Morgan fingerprint density at radius 2 is 2.04 bits per heavy atom. The molecule has 1 saturated heterocycles. The third kappa shape index (κ3) is 5.34. The zero-order valence-electron chi connectivity index (χ0n) is 17.2. The molecule has 154 valence electrons. The molecule has 7 nitrogen and oxygen atoms in total. The third-order valence-corrected chi connectivity index (χ3v) is 5.47. The van der Waals surface area contributed by atoms with Gasteiger partial charge in [-0.05, 0) is 30.0 Å². The van der Waals surface area contributed by atoms with E-state index in [0.717, 1.165) is 12.0 Å². The van der Waals surface area contributed by atoms with Gasteiger partial charge in [0.2, 0.25) is 0 Å². The van der Waals surface area contributed by atoms with Crippen LogP contribution in [-0.4, -0.2) is 50.0 Å². The van der Waals surface area contributed by atoms with Crippen LogP contribution in [0.4, 0.5) is 0 Å². The average Bonchev–Trinajstić information content (AvgIpc) is 2.70. The molecule has 1 fully saturated rings. The second kappa shape index (κ2) is 10.6. The summed E-state index contributed by atoms with van der Waals surface area (Å²) in [6, 6.07) is 9.57. The van der Waals surface area contributed by atoms with E-state index in [1.54, 1.807) is 14.2 Å². The zero-order valence-corrected chi connectivity index (χ0v) is 17.2. The monoisotopic (exact) mass is 389 g/mol. The first-order valence-electron chi connectivity index (χ1n) is 9.58. The van der Waals surface area contributed by atoms with Crippen molar-refractivity contribution in [1.29, 1.82) is 0 Å². The summed E-state index contributed by atoms with van der Waals surface area (Å²) in [4.78, 5) is 2.89. The van der Waals surface area contributed by atoms with Gasteiger partial charge in [-0.3, -0.25) is 0 Å². The fraction of sp³-hybridized carbons (Fsp3) is 0.619. The lowest BCUT2D eigenvalue weighted by Crippen LogP contribution is -2.53. The Balaban J connectivity index is 2.17. The van der Waals surface area contributed by atoms with Gasteiger partial charge in [0.15, 0.2) is 6.29 Å². The van der Waals surface area contributed by atoms with E-state index in [-0.39, 0.29) is 17.9 Å². The molecule has 0 amide bonds. The van der Waals surface area contributed by atoms with E-state index in [9.17, 15) is 5.11 Å². The van der Waals surface area contributed by atoms with Crippen LogP contribution in [0.25, 0.3) is 10.4 Å². The van der Waals surface area contributed by atoms with Gasteiger partial charge in [-0.25, -0.2) is 0 Å². The number of hydrogen-bond donors (Lipinski definition) is 1. The van der Waals surface area contributed by atoms with Gasteiger partial charge in [-0.1, -0.05) is 55.4 Å². The molecule has 0 radical (unpaired) electrons. The molecule has 0 saturated carbocycles. The third-order valence-electron chi connectivity index (χ3n) is 5.47. The number of aliphatic hydroxyl groups is 1. The van der Waals surface area contributed by atoms with Gasteiger partial charge in [0, 0.05) is 31.0 Å². The average molecular weight is 389 g/mol. The molecule has 1 aliphatic heterocycles. The summed E-state index contributed by atoms with van der Waals surface area (Å²) < 4.78 is 17.1. The largest absolute Gasteiger partial charge is 0.390 e. The summed E-state index contributed by atoms with van der Waals surface area (Å²) in [5.74, 6) is -0.151. The fourth-order valence-corrected chi connectivity index (χ4v) is 3.83. The van der Waals surface area contributed by atoms with Gasteiger partial charge in [0.25, 0.3) is 0 Å². The van der Waals surface area contributed by atoms with Crippen molar-refractivity contribution >= 4 is 0 Å². The Kier molecular flexibility index (Phi) is 8.48. The Morgan fingerprint density at radius 3 is 2.61 bits per heavy atom. The first-order chi connectivity index (χ1) is 13.4. The maximum atomic E-state index is 10.7. The van der Waals surface area contributed by atoms with E-state index in [1.165, 1.54) is 5.56 Å². The van der Waals surface area contributed by atoms with Gasteiger partial charge < -0.3 is 19.3 Å². The summed E-state index contributed by atoms with van der Waals surface area (Å²) in [5.41, 5.74) is 10.9. The highest BCUT2D eigenvalue weighted by Crippen LogP contribution is 2.32. The van der Waals surface area contributed by atoms with E-state index in [2.05, 4.69) is 35.2 Å². The molecule has 1 N–H and O–H groups in total. The molecule has 1 aliphatic rings.